The van der Waals surface area contributed by atoms with E-state index in [1.807, 2.05) is 0 Å². The molecule has 0 aromatic rings. The van der Waals surface area contributed by atoms with Crippen molar-refractivity contribution in [1.82, 2.24) is 15.5 Å². The summed E-state index contributed by atoms with van der Waals surface area (Å²) in [5, 5.41) is 6.13. The van der Waals surface area contributed by atoms with Crippen LogP contribution in [0.3, 0.4) is 0 Å². The minimum absolute atomic E-state index is 0.0219. The van der Waals surface area contributed by atoms with Crippen LogP contribution in [0.4, 0.5) is 0 Å². The van der Waals surface area contributed by atoms with E-state index < -0.39 is 0 Å². The molecule has 0 atom stereocenters. The van der Waals surface area contributed by atoms with E-state index in [1.165, 1.54) is 0 Å². The molecule has 2 N–H and O–H groups in total. The monoisotopic (exact) mass is 217 g/mol. The van der Waals surface area contributed by atoms with Gasteiger partial charge in [-0.1, -0.05) is 0 Å². The molecule has 82 valence electrons. The summed E-state index contributed by atoms with van der Waals surface area (Å²) in [6, 6.07) is 0. The average molecular weight is 217 g/mol. The molecule has 0 saturated carbocycles. The lowest BCUT2D eigenvalue weighted by molar-refractivity contribution is -0.118. The molecule has 1 fully saturated rings. The molecule has 14 heavy (non-hydrogen) atoms. The second kappa shape index (κ2) is 7.09. The molecule has 1 aliphatic rings. The zero-order valence-electron chi connectivity index (χ0n) is 8.46. The Labute approximate surface area is 90.8 Å². The van der Waals surface area contributed by atoms with Gasteiger partial charge in [-0.2, -0.15) is 12.6 Å². The molecule has 4 nitrogen and oxygen atoms in total. The number of rotatable bonds is 5. The van der Waals surface area contributed by atoms with Crippen molar-refractivity contribution in [3.63, 3.8) is 0 Å². The first-order valence-corrected chi connectivity index (χ1v) is 5.77. The van der Waals surface area contributed by atoms with Crippen LogP contribution in [0.2, 0.25) is 0 Å². The van der Waals surface area contributed by atoms with Crippen molar-refractivity contribution in [3.05, 3.63) is 0 Å². The van der Waals surface area contributed by atoms with E-state index >= 15 is 0 Å². The van der Waals surface area contributed by atoms with Crippen molar-refractivity contribution in [2.45, 2.75) is 6.42 Å². The van der Waals surface area contributed by atoms with Gasteiger partial charge in [0, 0.05) is 32.7 Å². The summed E-state index contributed by atoms with van der Waals surface area (Å²) in [4.78, 5) is 13.3. The fourth-order valence-corrected chi connectivity index (χ4v) is 1.63. The molecule has 1 rings (SSSR count). The van der Waals surface area contributed by atoms with E-state index in [4.69, 9.17) is 0 Å². The van der Waals surface area contributed by atoms with Gasteiger partial charge >= 0.3 is 0 Å². The van der Waals surface area contributed by atoms with Gasteiger partial charge in [0.25, 0.3) is 0 Å². The number of hydrogen-bond donors (Lipinski definition) is 3. The van der Waals surface area contributed by atoms with E-state index in [0.717, 1.165) is 45.7 Å². The topological polar surface area (TPSA) is 44.4 Å². The highest BCUT2D eigenvalue weighted by Crippen LogP contribution is 1.93. The standard InChI is InChI=1S/C9H19N3OS/c13-9(8-14)11-2-1-5-12-6-3-10-4-7-12/h10,14H,1-8H2,(H,11,13). The predicted octanol–water partition coefficient (Wildman–Crippen LogP) is -0.672. The molecule has 0 aromatic heterocycles. The first kappa shape index (κ1) is 11.8. The van der Waals surface area contributed by atoms with Crippen molar-refractivity contribution < 1.29 is 4.79 Å². The molecule has 0 aliphatic carbocycles. The Morgan fingerprint density at radius 2 is 2.14 bits per heavy atom. The van der Waals surface area contributed by atoms with Crippen LogP contribution >= 0.6 is 12.6 Å². The molecule has 0 unspecified atom stereocenters. The number of thiol groups is 1. The fourth-order valence-electron chi connectivity index (χ4n) is 1.52. The fraction of sp³-hybridized carbons (Fsp3) is 0.889. The maximum absolute atomic E-state index is 10.9. The van der Waals surface area contributed by atoms with Gasteiger partial charge in [-0.15, -0.1) is 0 Å². The van der Waals surface area contributed by atoms with Gasteiger partial charge in [-0.25, -0.2) is 0 Å². The van der Waals surface area contributed by atoms with Crippen molar-refractivity contribution in [1.29, 1.82) is 0 Å². The van der Waals surface area contributed by atoms with Crippen LogP contribution in [-0.4, -0.2) is 55.8 Å². The highest BCUT2D eigenvalue weighted by atomic mass is 32.1. The van der Waals surface area contributed by atoms with E-state index in [0.29, 0.717) is 0 Å². The Bertz CT molecular complexity index is 171. The normalized spacial score (nSPS) is 18.1. The average Bonchev–Trinajstić information content (AvgIpc) is 2.25. The smallest absolute Gasteiger partial charge is 0.229 e. The third-order valence-corrected chi connectivity index (χ3v) is 2.61. The van der Waals surface area contributed by atoms with Gasteiger partial charge in [-0.3, -0.25) is 4.79 Å². The zero-order chi connectivity index (χ0) is 10.2. The third-order valence-electron chi connectivity index (χ3n) is 2.33. The number of nitrogens with one attached hydrogen (secondary N) is 2. The van der Waals surface area contributed by atoms with Crippen molar-refractivity contribution >= 4 is 18.5 Å². The first-order valence-electron chi connectivity index (χ1n) is 5.13. The molecule has 0 spiro atoms. The minimum atomic E-state index is 0.0219. The molecule has 1 aliphatic heterocycles. The van der Waals surface area contributed by atoms with Crippen LogP contribution in [0.1, 0.15) is 6.42 Å². The van der Waals surface area contributed by atoms with Gasteiger partial charge in [0.1, 0.15) is 0 Å². The van der Waals surface area contributed by atoms with Crippen molar-refractivity contribution in [2.75, 3.05) is 45.0 Å². The lowest BCUT2D eigenvalue weighted by Crippen LogP contribution is -2.44. The van der Waals surface area contributed by atoms with Gasteiger partial charge in [0.05, 0.1) is 5.75 Å². The molecular formula is C9H19N3OS. The molecule has 0 radical (unpaired) electrons. The number of carbonyl (C=O) groups is 1. The van der Waals surface area contributed by atoms with Crippen LogP contribution in [0.25, 0.3) is 0 Å². The maximum Gasteiger partial charge on any atom is 0.229 e. The first-order chi connectivity index (χ1) is 6.83. The minimum Gasteiger partial charge on any atom is -0.355 e. The maximum atomic E-state index is 10.9. The number of nitrogens with zero attached hydrogens (tertiary/aromatic N) is 1. The Morgan fingerprint density at radius 3 is 2.79 bits per heavy atom. The Morgan fingerprint density at radius 1 is 1.43 bits per heavy atom. The van der Waals surface area contributed by atoms with Gasteiger partial charge in [0.2, 0.25) is 5.91 Å². The summed E-state index contributed by atoms with van der Waals surface area (Å²) in [6.07, 6.45) is 1.03. The summed E-state index contributed by atoms with van der Waals surface area (Å²) in [5.41, 5.74) is 0. The molecular weight excluding hydrogens is 198 g/mol. The lowest BCUT2D eigenvalue weighted by Gasteiger charge is -2.26. The SMILES string of the molecule is O=C(CS)NCCCN1CCNCC1. The van der Waals surface area contributed by atoms with Gasteiger partial charge < -0.3 is 15.5 Å². The summed E-state index contributed by atoms with van der Waals surface area (Å²) in [7, 11) is 0. The summed E-state index contributed by atoms with van der Waals surface area (Å²) < 4.78 is 0. The van der Waals surface area contributed by atoms with Crippen LogP contribution in [0, 0.1) is 0 Å². The lowest BCUT2D eigenvalue weighted by atomic mass is 10.3. The predicted molar refractivity (Wildman–Crippen MR) is 60.8 cm³/mol. The van der Waals surface area contributed by atoms with Crippen LogP contribution < -0.4 is 10.6 Å². The van der Waals surface area contributed by atoms with E-state index in [9.17, 15) is 4.79 Å². The Hall–Kier alpha value is -0.260. The Balaban J connectivity index is 1.94. The molecule has 1 heterocycles. The molecule has 1 amide bonds. The van der Waals surface area contributed by atoms with Gasteiger partial charge in [-0.05, 0) is 13.0 Å². The number of piperazine rings is 1. The highest BCUT2D eigenvalue weighted by molar-refractivity contribution is 7.81. The second-order valence-corrected chi connectivity index (χ2v) is 3.77. The second-order valence-electron chi connectivity index (χ2n) is 3.45. The summed E-state index contributed by atoms with van der Waals surface area (Å²) >= 11 is 3.89. The molecule has 0 aromatic carbocycles. The van der Waals surface area contributed by atoms with E-state index in [2.05, 4.69) is 28.2 Å². The number of carbonyl (C=O) groups excluding carboxylic acids is 1. The highest BCUT2D eigenvalue weighted by Gasteiger charge is 2.08. The van der Waals surface area contributed by atoms with Crippen LogP contribution in [0.5, 0.6) is 0 Å². The quantitative estimate of drug-likeness (QED) is 0.423. The number of hydrogen-bond acceptors (Lipinski definition) is 4. The number of amides is 1. The van der Waals surface area contributed by atoms with Gasteiger partial charge in [0.15, 0.2) is 0 Å². The Kier molecular flexibility index (Phi) is 5.98. The third kappa shape index (κ3) is 4.83. The summed E-state index contributed by atoms with van der Waals surface area (Å²) in [6.45, 7) is 6.27. The van der Waals surface area contributed by atoms with Crippen LogP contribution in [0.15, 0.2) is 0 Å². The molecule has 0 bridgehead atoms. The largest absolute Gasteiger partial charge is 0.355 e. The molecule has 1 saturated heterocycles. The zero-order valence-corrected chi connectivity index (χ0v) is 9.35. The van der Waals surface area contributed by atoms with Crippen molar-refractivity contribution in [2.24, 2.45) is 0 Å². The summed E-state index contributed by atoms with van der Waals surface area (Å²) in [5.74, 6) is 0.307. The van der Waals surface area contributed by atoms with E-state index in [1.54, 1.807) is 0 Å². The molecule has 5 heteroatoms. The van der Waals surface area contributed by atoms with E-state index in [-0.39, 0.29) is 11.7 Å². The van der Waals surface area contributed by atoms with Crippen molar-refractivity contribution in [3.8, 4) is 0 Å². The van der Waals surface area contributed by atoms with Crippen LogP contribution in [-0.2, 0) is 4.79 Å².